The molecule has 0 radical (unpaired) electrons. The molecule has 1 aliphatic rings. The van der Waals surface area contributed by atoms with Gasteiger partial charge in [0, 0.05) is 18.0 Å². The normalized spacial score (nSPS) is 15.2. The highest BCUT2D eigenvalue weighted by Crippen LogP contribution is 2.36. The molecule has 0 aliphatic carbocycles. The van der Waals surface area contributed by atoms with Crippen molar-refractivity contribution in [3.05, 3.63) is 76.6 Å². The molecule has 1 amide bonds. The van der Waals surface area contributed by atoms with E-state index in [9.17, 15) is 9.18 Å². The van der Waals surface area contributed by atoms with Gasteiger partial charge in [-0.05, 0) is 36.7 Å². The molecular formula is C20H20ClFN2OS. The largest absolute Gasteiger partial charge is 0.351 e. The third-order valence-electron chi connectivity index (χ3n) is 4.13. The zero-order valence-electron chi connectivity index (χ0n) is 14.2. The molecule has 1 unspecified atom stereocenters. The Morgan fingerprint density at radius 3 is 2.77 bits per heavy atom. The van der Waals surface area contributed by atoms with Crippen LogP contribution in [0.3, 0.4) is 0 Å². The summed E-state index contributed by atoms with van der Waals surface area (Å²) >= 11 is 7.25. The maximum Gasteiger partial charge on any atom is 0.238 e. The summed E-state index contributed by atoms with van der Waals surface area (Å²) in [7, 11) is 0. The molecule has 0 saturated carbocycles. The average molecular weight is 391 g/mol. The van der Waals surface area contributed by atoms with E-state index in [0.717, 1.165) is 30.0 Å². The van der Waals surface area contributed by atoms with Gasteiger partial charge in [0.05, 0.1) is 5.02 Å². The predicted octanol–water partition coefficient (Wildman–Crippen LogP) is 4.35. The van der Waals surface area contributed by atoms with Crippen LogP contribution < -0.4 is 10.6 Å². The number of thioether (sulfide) groups is 1. The third kappa shape index (κ3) is 5.10. The van der Waals surface area contributed by atoms with Gasteiger partial charge in [0.25, 0.3) is 0 Å². The minimum atomic E-state index is -0.463. The van der Waals surface area contributed by atoms with Crippen LogP contribution in [0.1, 0.15) is 17.2 Å². The molecule has 0 saturated heterocycles. The molecule has 0 spiro atoms. The summed E-state index contributed by atoms with van der Waals surface area (Å²) in [5.74, 6) is -0.532. The Labute approximate surface area is 162 Å². The molecule has 1 heterocycles. The summed E-state index contributed by atoms with van der Waals surface area (Å²) < 4.78 is 13.4. The van der Waals surface area contributed by atoms with Gasteiger partial charge in [-0.1, -0.05) is 53.6 Å². The smallest absolute Gasteiger partial charge is 0.238 e. The Hall–Kier alpha value is -1.82. The van der Waals surface area contributed by atoms with Crippen LogP contribution >= 0.6 is 23.4 Å². The Morgan fingerprint density at radius 1 is 1.27 bits per heavy atom. The first-order valence-electron chi connectivity index (χ1n) is 8.46. The lowest BCUT2D eigenvalue weighted by Crippen LogP contribution is -2.32. The van der Waals surface area contributed by atoms with Crippen LogP contribution in [-0.2, 0) is 4.79 Å². The monoisotopic (exact) mass is 390 g/mol. The quantitative estimate of drug-likeness (QED) is 0.569. The predicted molar refractivity (Wildman–Crippen MR) is 105 cm³/mol. The molecule has 2 aromatic rings. The maximum atomic E-state index is 13.4. The van der Waals surface area contributed by atoms with Crippen molar-refractivity contribution in [2.24, 2.45) is 0 Å². The lowest BCUT2D eigenvalue weighted by Gasteiger charge is -2.19. The van der Waals surface area contributed by atoms with E-state index in [4.69, 9.17) is 11.6 Å². The molecule has 2 N–H and O–H groups in total. The molecule has 1 aliphatic heterocycles. The molecule has 0 aromatic heterocycles. The van der Waals surface area contributed by atoms with E-state index in [1.165, 1.54) is 23.4 Å². The van der Waals surface area contributed by atoms with Gasteiger partial charge in [-0.3, -0.25) is 4.79 Å². The number of halogens is 2. The maximum absolute atomic E-state index is 13.4. The summed E-state index contributed by atoms with van der Waals surface area (Å²) in [6, 6.07) is 14.1. The summed E-state index contributed by atoms with van der Waals surface area (Å²) in [6.07, 6.45) is 3.06. The van der Waals surface area contributed by atoms with E-state index >= 15 is 0 Å². The topological polar surface area (TPSA) is 41.1 Å². The third-order valence-corrected chi connectivity index (χ3v) is 5.67. The average Bonchev–Trinajstić information content (AvgIpc) is 2.68. The molecule has 3 nitrogen and oxygen atoms in total. The van der Waals surface area contributed by atoms with Gasteiger partial charge in [-0.15, -0.1) is 11.8 Å². The first kappa shape index (κ1) is 19.0. The van der Waals surface area contributed by atoms with Crippen LogP contribution in [0.4, 0.5) is 4.39 Å². The molecule has 0 fully saturated rings. The first-order valence-corrected chi connectivity index (χ1v) is 9.72. The second-order valence-corrected chi connectivity index (χ2v) is 7.60. The van der Waals surface area contributed by atoms with Crippen LogP contribution in [0.25, 0.3) is 0 Å². The van der Waals surface area contributed by atoms with Gasteiger partial charge >= 0.3 is 0 Å². The first-order chi connectivity index (χ1) is 12.6. The van der Waals surface area contributed by atoms with E-state index in [2.05, 4.69) is 16.7 Å². The van der Waals surface area contributed by atoms with Crippen molar-refractivity contribution >= 4 is 29.3 Å². The van der Waals surface area contributed by atoms with Crippen LogP contribution in [0.15, 0.2) is 65.1 Å². The Bertz CT molecular complexity index is 798. The highest BCUT2D eigenvalue weighted by atomic mass is 35.5. The van der Waals surface area contributed by atoms with Crippen molar-refractivity contribution in [2.45, 2.75) is 16.6 Å². The molecule has 26 heavy (non-hydrogen) atoms. The highest BCUT2D eigenvalue weighted by molar-refractivity contribution is 8.00. The zero-order valence-corrected chi connectivity index (χ0v) is 15.7. The van der Waals surface area contributed by atoms with E-state index < -0.39 is 11.1 Å². The summed E-state index contributed by atoms with van der Waals surface area (Å²) in [5.41, 5.74) is 2.13. The van der Waals surface area contributed by atoms with Crippen LogP contribution in [0, 0.1) is 5.82 Å². The summed E-state index contributed by atoms with van der Waals surface area (Å²) in [6.45, 7) is 2.33. The molecule has 2 aromatic carbocycles. The second kappa shape index (κ2) is 9.21. The molecular weight excluding hydrogens is 371 g/mol. The van der Waals surface area contributed by atoms with Crippen LogP contribution in [0.2, 0.25) is 5.02 Å². The Kier molecular flexibility index (Phi) is 6.72. The number of amides is 1. The number of hydrogen-bond donors (Lipinski definition) is 2. The van der Waals surface area contributed by atoms with Crippen molar-refractivity contribution in [3.63, 3.8) is 0 Å². The molecule has 136 valence electrons. The van der Waals surface area contributed by atoms with Crippen molar-refractivity contribution in [1.82, 2.24) is 10.6 Å². The van der Waals surface area contributed by atoms with Crippen molar-refractivity contribution in [3.8, 4) is 0 Å². The van der Waals surface area contributed by atoms with Crippen molar-refractivity contribution < 1.29 is 9.18 Å². The van der Waals surface area contributed by atoms with E-state index in [0.29, 0.717) is 6.54 Å². The SMILES string of the molecule is O=C(NCC1=CCNCC1)C(Sc1ccc(F)c(Cl)c1)c1ccccc1. The standard InChI is InChI=1S/C20H20ClFN2OS/c21-17-12-16(6-7-18(17)22)26-19(15-4-2-1-3-5-15)20(25)24-13-14-8-10-23-11-9-14/h1-8,12,19,23H,9-11,13H2,(H,24,25). The lowest BCUT2D eigenvalue weighted by molar-refractivity contribution is -0.120. The van der Waals surface area contributed by atoms with Crippen LogP contribution in [0.5, 0.6) is 0 Å². The number of nitrogens with one attached hydrogen (secondary N) is 2. The summed E-state index contributed by atoms with van der Waals surface area (Å²) in [4.78, 5) is 13.6. The van der Waals surface area contributed by atoms with Crippen LogP contribution in [-0.4, -0.2) is 25.5 Å². The lowest BCUT2D eigenvalue weighted by atomic mass is 10.1. The number of rotatable bonds is 6. The highest BCUT2D eigenvalue weighted by Gasteiger charge is 2.22. The van der Waals surface area contributed by atoms with Gasteiger partial charge < -0.3 is 10.6 Å². The fraction of sp³-hybridized carbons (Fsp3) is 0.250. The van der Waals surface area contributed by atoms with Gasteiger partial charge in [-0.2, -0.15) is 0 Å². The fourth-order valence-electron chi connectivity index (χ4n) is 2.71. The Balaban J connectivity index is 1.75. The van der Waals surface area contributed by atoms with Gasteiger partial charge in [-0.25, -0.2) is 4.39 Å². The van der Waals surface area contributed by atoms with Crippen molar-refractivity contribution in [1.29, 1.82) is 0 Å². The van der Waals surface area contributed by atoms with Gasteiger partial charge in [0.1, 0.15) is 11.1 Å². The number of hydrogen-bond acceptors (Lipinski definition) is 3. The van der Waals surface area contributed by atoms with E-state index in [1.54, 1.807) is 12.1 Å². The molecule has 3 rings (SSSR count). The van der Waals surface area contributed by atoms with Gasteiger partial charge in [0.2, 0.25) is 5.91 Å². The number of benzene rings is 2. The minimum Gasteiger partial charge on any atom is -0.351 e. The zero-order chi connectivity index (χ0) is 18.4. The van der Waals surface area contributed by atoms with E-state index in [-0.39, 0.29) is 10.9 Å². The molecule has 0 bridgehead atoms. The van der Waals surface area contributed by atoms with Gasteiger partial charge in [0.15, 0.2) is 0 Å². The molecule has 1 atom stereocenters. The Morgan fingerprint density at radius 2 is 2.08 bits per heavy atom. The van der Waals surface area contributed by atoms with Crippen molar-refractivity contribution in [2.75, 3.05) is 19.6 Å². The number of carbonyl (C=O) groups excluding carboxylic acids is 1. The molecule has 6 heteroatoms. The summed E-state index contributed by atoms with van der Waals surface area (Å²) in [5, 5.41) is 5.92. The fourth-order valence-corrected chi connectivity index (χ4v) is 4.04. The minimum absolute atomic E-state index is 0.0575. The second-order valence-electron chi connectivity index (χ2n) is 6.02. The van der Waals surface area contributed by atoms with E-state index in [1.807, 2.05) is 30.3 Å². The number of carbonyl (C=O) groups is 1.